The van der Waals surface area contributed by atoms with Gasteiger partial charge in [0.1, 0.15) is 0 Å². The quantitative estimate of drug-likeness (QED) is 0.770. The van der Waals surface area contributed by atoms with Crippen LogP contribution >= 0.6 is 12.4 Å². The summed E-state index contributed by atoms with van der Waals surface area (Å²) in [6.45, 7) is 5.64. The molecular weight excluding hydrogens is 252 g/mol. The minimum absolute atomic E-state index is 0. The van der Waals surface area contributed by atoms with Crippen molar-refractivity contribution in [3.8, 4) is 0 Å². The molecule has 1 aromatic rings. The lowest BCUT2D eigenvalue weighted by atomic mass is 9.80. The third-order valence-corrected chi connectivity index (χ3v) is 3.31. The van der Waals surface area contributed by atoms with Crippen molar-refractivity contribution in [2.75, 3.05) is 26.3 Å². The predicted molar refractivity (Wildman–Crippen MR) is 74.3 cm³/mol. The molecule has 0 aliphatic carbocycles. The van der Waals surface area contributed by atoms with Gasteiger partial charge >= 0.3 is 7.12 Å². The molecule has 6 heteroatoms. The van der Waals surface area contributed by atoms with E-state index in [-0.39, 0.29) is 12.4 Å². The van der Waals surface area contributed by atoms with E-state index in [4.69, 9.17) is 14.8 Å². The number of morpholine rings is 1. The van der Waals surface area contributed by atoms with E-state index in [0.29, 0.717) is 11.5 Å². The molecule has 0 bridgehead atoms. The molecule has 1 aliphatic rings. The van der Waals surface area contributed by atoms with E-state index in [9.17, 15) is 0 Å². The van der Waals surface area contributed by atoms with Crippen LogP contribution in [0.2, 0.25) is 0 Å². The standard InChI is InChI=1S/C12H18BNO3.ClH/c1-10(14-6-8-17-9-7-14)11-2-4-12(5-3-11)13(15)16;/h2-5,10,15-16H,6-9H2,1H3;1H/t10-;/m0./s1. The van der Waals surface area contributed by atoms with Gasteiger partial charge in [0.2, 0.25) is 0 Å². The Morgan fingerprint density at radius 1 is 1.17 bits per heavy atom. The van der Waals surface area contributed by atoms with Gasteiger partial charge in [0.05, 0.1) is 13.2 Å². The van der Waals surface area contributed by atoms with Crippen molar-refractivity contribution in [2.24, 2.45) is 0 Å². The van der Waals surface area contributed by atoms with Crippen molar-refractivity contribution >= 4 is 25.0 Å². The molecule has 1 atom stereocenters. The van der Waals surface area contributed by atoms with Crippen molar-refractivity contribution in [1.82, 2.24) is 4.90 Å². The Morgan fingerprint density at radius 2 is 1.72 bits per heavy atom. The molecule has 0 aromatic heterocycles. The van der Waals surface area contributed by atoms with E-state index in [2.05, 4.69) is 11.8 Å². The number of benzene rings is 1. The zero-order valence-corrected chi connectivity index (χ0v) is 11.3. The molecule has 0 amide bonds. The summed E-state index contributed by atoms with van der Waals surface area (Å²) in [6, 6.07) is 7.77. The van der Waals surface area contributed by atoms with Crippen molar-refractivity contribution in [1.29, 1.82) is 0 Å². The Morgan fingerprint density at radius 3 is 2.22 bits per heavy atom. The van der Waals surface area contributed by atoms with Gasteiger partial charge in [-0.2, -0.15) is 0 Å². The topological polar surface area (TPSA) is 52.9 Å². The monoisotopic (exact) mass is 271 g/mol. The van der Waals surface area contributed by atoms with E-state index < -0.39 is 7.12 Å². The number of nitrogens with zero attached hydrogens (tertiary/aromatic N) is 1. The first-order chi connectivity index (χ1) is 8.18. The summed E-state index contributed by atoms with van der Waals surface area (Å²) in [5, 5.41) is 18.1. The molecule has 2 N–H and O–H groups in total. The lowest BCUT2D eigenvalue weighted by Gasteiger charge is -2.32. The fourth-order valence-electron chi connectivity index (χ4n) is 2.12. The molecule has 0 unspecified atom stereocenters. The molecule has 0 spiro atoms. The highest BCUT2D eigenvalue weighted by molar-refractivity contribution is 6.58. The molecule has 100 valence electrons. The number of hydrogen-bond acceptors (Lipinski definition) is 4. The van der Waals surface area contributed by atoms with Crippen molar-refractivity contribution in [2.45, 2.75) is 13.0 Å². The Balaban J connectivity index is 0.00000162. The normalized spacial score (nSPS) is 17.9. The van der Waals surface area contributed by atoms with Crippen LogP contribution in [0.4, 0.5) is 0 Å². The SMILES string of the molecule is C[C@@H](c1ccc(B(O)O)cc1)N1CCOCC1.Cl. The fraction of sp³-hybridized carbons (Fsp3) is 0.500. The van der Waals surface area contributed by atoms with E-state index >= 15 is 0 Å². The molecule has 0 radical (unpaired) electrons. The molecule has 4 nitrogen and oxygen atoms in total. The van der Waals surface area contributed by atoms with Crippen LogP contribution in [-0.4, -0.2) is 48.4 Å². The largest absolute Gasteiger partial charge is 0.488 e. The number of hydrogen-bond donors (Lipinski definition) is 2. The van der Waals surface area contributed by atoms with Crippen molar-refractivity contribution < 1.29 is 14.8 Å². The maximum Gasteiger partial charge on any atom is 0.488 e. The third kappa shape index (κ3) is 3.70. The summed E-state index contributed by atoms with van der Waals surface area (Å²) >= 11 is 0. The summed E-state index contributed by atoms with van der Waals surface area (Å²) in [5.74, 6) is 0. The Bertz CT molecular complexity index is 355. The maximum atomic E-state index is 9.03. The molecule has 1 heterocycles. The minimum atomic E-state index is -1.39. The second-order valence-corrected chi connectivity index (χ2v) is 4.36. The van der Waals surface area contributed by atoms with Crippen LogP contribution in [0.1, 0.15) is 18.5 Å². The zero-order valence-electron chi connectivity index (χ0n) is 10.5. The summed E-state index contributed by atoms with van der Waals surface area (Å²) < 4.78 is 5.33. The minimum Gasteiger partial charge on any atom is -0.423 e. The van der Waals surface area contributed by atoms with E-state index in [1.165, 1.54) is 5.56 Å². The van der Waals surface area contributed by atoms with Gasteiger partial charge in [-0.05, 0) is 17.9 Å². The molecule has 1 saturated heterocycles. The van der Waals surface area contributed by atoms with Gasteiger partial charge in [-0.15, -0.1) is 12.4 Å². The molecule has 0 saturated carbocycles. The lowest BCUT2D eigenvalue weighted by Crippen LogP contribution is -2.38. The molecule has 1 fully saturated rings. The lowest BCUT2D eigenvalue weighted by molar-refractivity contribution is 0.0198. The van der Waals surface area contributed by atoms with Gasteiger partial charge in [-0.25, -0.2) is 0 Å². The smallest absolute Gasteiger partial charge is 0.423 e. The summed E-state index contributed by atoms with van der Waals surface area (Å²) in [7, 11) is -1.39. The Kier molecular flexibility index (Phi) is 6.12. The third-order valence-electron chi connectivity index (χ3n) is 3.31. The van der Waals surface area contributed by atoms with E-state index in [0.717, 1.165) is 26.3 Å². The van der Waals surface area contributed by atoms with Gasteiger partial charge in [0, 0.05) is 19.1 Å². The Hall–Kier alpha value is -0.585. The van der Waals surface area contributed by atoms with Gasteiger partial charge in [-0.1, -0.05) is 24.3 Å². The summed E-state index contributed by atoms with van der Waals surface area (Å²) in [4.78, 5) is 2.37. The molecule has 1 aliphatic heterocycles. The predicted octanol–water partition coefficient (Wildman–Crippen LogP) is 0.181. The van der Waals surface area contributed by atoms with E-state index in [1.54, 1.807) is 12.1 Å². The number of rotatable bonds is 3. The zero-order chi connectivity index (χ0) is 12.3. The van der Waals surface area contributed by atoms with Gasteiger partial charge in [0.25, 0.3) is 0 Å². The highest BCUT2D eigenvalue weighted by Gasteiger charge is 2.19. The molecular formula is C12H19BClNO3. The molecule has 18 heavy (non-hydrogen) atoms. The average Bonchev–Trinajstić information content (AvgIpc) is 2.39. The Labute approximate surface area is 114 Å². The van der Waals surface area contributed by atoms with Crippen molar-refractivity contribution in [3.05, 3.63) is 29.8 Å². The summed E-state index contributed by atoms with van der Waals surface area (Å²) in [5.41, 5.74) is 1.72. The van der Waals surface area contributed by atoms with Crippen LogP contribution in [-0.2, 0) is 4.74 Å². The first kappa shape index (κ1) is 15.5. The van der Waals surface area contributed by atoms with Crippen LogP contribution in [0.3, 0.4) is 0 Å². The van der Waals surface area contributed by atoms with Gasteiger partial charge < -0.3 is 14.8 Å². The van der Waals surface area contributed by atoms with Gasteiger partial charge in [0.15, 0.2) is 0 Å². The summed E-state index contributed by atoms with van der Waals surface area (Å²) in [6.07, 6.45) is 0. The van der Waals surface area contributed by atoms with Gasteiger partial charge in [-0.3, -0.25) is 4.90 Å². The average molecular weight is 272 g/mol. The fourth-order valence-corrected chi connectivity index (χ4v) is 2.12. The highest BCUT2D eigenvalue weighted by atomic mass is 35.5. The van der Waals surface area contributed by atoms with Crippen LogP contribution in [0.15, 0.2) is 24.3 Å². The van der Waals surface area contributed by atoms with Crippen molar-refractivity contribution in [3.63, 3.8) is 0 Å². The van der Waals surface area contributed by atoms with Crippen LogP contribution < -0.4 is 5.46 Å². The first-order valence-electron chi connectivity index (χ1n) is 5.96. The maximum absolute atomic E-state index is 9.03. The van der Waals surface area contributed by atoms with Crippen LogP contribution in [0, 0.1) is 0 Å². The second kappa shape index (κ2) is 7.11. The van der Waals surface area contributed by atoms with Crippen LogP contribution in [0.5, 0.6) is 0 Å². The molecule has 2 rings (SSSR count). The second-order valence-electron chi connectivity index (χ2n) is 4.36. The number of halogens is 1. The van der Waals surface area contributed by atoms with E-state index in [1.807, 2.05) is 12.1 Å². The molecule has 1 aromatic carbocycles. The first-order valence-corrected chi connectivity index (χ1v) is 5.96. The number of ether oxygens (including phenoxy) is 1. The van der Waals surface area contributed by atoms with Crippen LogP contribution in [0.25, 0.3) is 0 Å². The highest BCUT2D eigenvalue weighted by Crippen LogP contribution is 2.20.